The zero-order valence-electron chi connectivity index (χ0n) is 8.68. The predicted molar refractivity (Wildman–Crippen MR) is 59.0 cm³/mol. The van der Waals surface area contributed by atoms with Crippen LogP contribution >= 0.6 is 0 Å². The van der Waals surface area contributed by atoms with E-state index in [1.807, 2.05) is 29.2 Å². The normalized spacial score (nSPS) is 14.2. The van der Waals surface area contributed by atoms with Crippen LogP contribution in [0.2, 0.25) is 0 Å². The number of nitrogens with zero attached hydrogens (tertiary/aromatic N) is 2. The standard InChI is InChI=1S/C12H11N3O/c13-12-11-4-2-1-3-9(11)7-15(12)8-10-5-6-16-14-10/h1-6,13H,7-8H2. The zero-order valence-corrected chi connectivity index (χ0v) is 8.68. The molecule has 0 saturated carbocycles. The van der Waals surface area contributed by atoms with Crippen molar-refractivity contribution in [2.45, 2.75) is 13.1 Å². The van der Waals surface area contributed by atoms with E-state index in [-0.39, 0.29) is 0 Å². The molecule has 1 aliphatic rings. The van der Waals surface area contributed by atoms with Crippen molar-refractivity contribution < 1.29 is 4.52 Å². The van der Waals surface area contributed by atoms with Crippen molar-refractivity contribution in [2.24, 2.45) is 0 Å². The van der Waals surface area contributed by atoms with Gasteiger partial charge in [0.15, 0.2) is 0 Å². The molecule has 0 spiro atoms. The SMILES string of the molecule is N=C1c2ccccc2CN1Cc1ccon1. The number of nitrogens with one attached hydrogen (secondary N) is 1. The van der Waals surface area contributed by atoms with Gasteiger partial charge in [0.25, 0.3) is 0 Å². The second-order valence-corrected chi connectivity index (χ2v) is 3.85. The summed E-state index contributed by atoms with van der Waals surface area (Å²) in [6.07, 6.45) is 1.56. The number of rotatable bonds is 2. The Morgan fingerprint density at radius 2 is 2.19 bits per heavy atom. The maximum absolute atomic E-state index is 8.06. The lowest BCUT2D eigenvalue weighted by Crippen LogP contribution is -2.23. The second kappa shape index (κ2) is 3.48. The van der Waals surface area contributed by atoms with E-state index in [0.29, 0.717) is 12.4 Å². The quantitative estimate of drug-likeness (QED) is 0.830. The van der Waals surface area contributed by atoms with Crippen LogP contribution in [0.15, 0.2) is 41.1 Å². The van der Waals surface area contributed by atoms with Gasteiger partial charge < -0.3 is 9.42 Å². The van der Waals surface area contributed by atoms with Gasteiger partial charge >= 0.3 is 0 Å². The molecule has 80 valence electrons. The summed E-state index contributed by atoms with van der Waals surface area (Å²) >= 11 is 0. The lowest BCUT2D eigenvalue weighted by Gasteiger charge is -2.15. The largest absolute Gasteiger partial charge is 0.364 e. The van der Waals surface area contributed by atoms with Gasteiger partial charge in [-0.05, 0) is 5.56 Å². The Hall–Kier alpha value is -2.10. The maximum Gasteiger partial charge on any atom is 0.129 e. The molecule has 1 N–H and O–H groups in total. The van der Waals surface area contributed by atoms with Crippen LogP contribution in [0.5, 0.6) is 0 Å². The molecular formula is C12H11N3O. The molecule has 16 heavy (non-hydrogen) atoms. The summed E-state index contributed by atoms with van der Waals surface area (Å²) < 4.78 is 4.79. The molecule has 0 bridgehead atoms. The van der Waals surface area contributed by atoms with Gasteiger partial charge in [0.05, 0.1) is 6.54 Å². The Labute approximate surface area is 93.0 Å². The zero-order chi connectivity index (χ0) is 11.0. The summed E-state index contributed by atoms with van der Waals surface area (Å²) in [4.78, 5) is 1.99. The highest BCUT2D eigenvalue weighted by atomic mass is 16.5. The number of fused-ring (bicyclic) bond motifs is 1. The number of hydrogen-bond acceptors (Lipinski definition) is 3. The third-order valence-corrected chi connectivity index (χ3v) is 2.79. The molecule has 2 aromatic rings. The number of amidine groups is 1. The van der Waals surface area contributed by atoms with Crippen LogP contribution < -0.4 is 0 Å². The van der Waals surface area contributed by atoms with E-state index in [1.165, 1.54) is 5.56 Å². The lowest BCUT2D eigenvalue weighted by atomic mass is 10.1. The molecule has 1 aromatic heterocycles. The third kappa shape index (κ3) is 1.39. The highest BCUT2D eigenvalue weighted by molar-refractivity contribution is 6.00. The van der Waals surface area contributed by atoms with E-state index < -0.39 is 0 Å². The van der Waals surface area contributed by atoms with Crippen molar-refractivity contribution in [2.75, 3.05) is 0 Å². The average Bonchev–Trinajstić information content (AvgIpc) is 2.90. The highest BCUT2D eigenvalue weighted by Gasteiger charge is 2.23. The molecule has 2 heterocycles. The van der Waals surface area contributed by atoms with E-state index in [0.717, 1.165) is 17.8 Å². The van der Waals surface area contributed by atoms with Crippen molar-refractivity contribution in [3.63, 3.8) is 0 Å². The van der Waals surface area contributed by atoms with Crippen molar-refractivity contribution >= 4 is 5.84 Å². The van der Waals surface area contributed by atoms with E-state index in [1.54, 1.807) is 6.26 Å². The van der Waals surface area contributed by atoms with Crippen molar-refractivity contribution in [3.8, 4) is 0 Å². The van der Waals surface area contributed by atoms with Gasteiger partial charge in [-0.3, -0.25) is 5.41 Å². The minimum absolute atomic E-state index is 0.568. The molecule has 0 fully saturated rings. The molecule has 0 saturated heterocycles. The Balaban J connectivity index is 1.85. The second-order valence-electron chi connectivity index (χ2n) is 3.85. The van der Waals surface area contributed by atoms with Crippen LogP contribution in [0, 0.1) is 5.41 Å². The van der Waals surface area contributed by atoms with Crippen LogP contribution in [0.25, 0.3) is 0 Å². The van der Waals surface area contributed by atoms with E-state index in [2.05, 4.69) is 11.2 Å². The topological polar surface area (TPSA) is 53.1 Å². The minimum atomic E-state index is 0.568. The Bertz CT molecular complexity index is 517. The van der Waals surface area contributed by atoms with Crippen LogP contribution in [-0.4, -0.2) is 15.9 Å². The Morgan fingerprint density at radius 1 is 1.31 bits per heavy atom. The van der Waals surface area contributed by atoms with Gasteiger partial charge in [-0.2, -0.15) is 0 Å². The van der Waals surface area contributed by atoms with Gasteiger partial charge in [-0.1, -0.05) is 29.4 Å². The monoisotopic (exact) mass is 213 g/mol. The van der Waals surface area contributed by atoms with E-state index in [4.69, 9.17) is 9.93 Å². The molecule has 4 nitrogen and oxygen atoms in total. The first kappa shape index (κ1) is 9.15. The fraction of sp³-hybridized carbons (Fsp3) is 0.167. The summed E-state index contributed by atoms with van der Waals surface area (Å²) in [5.41, 5.74) is 3.08. The summed E-state index contributed by atoms with van der Waals surface area (Å²) in [7, 11) is 0. The lowest BCUT2D eigenvalue weighted by molar-refractivity contribution is 0.374. The first-order valence-corrected chi connectivity index (χ1v) is 5.15. The van der Waals surface area contributed by atoms with Crippen molar-refractivity contribution in [1.29, 1.82) is 5.41 Å². The summed E-state index contributed by atoms with van der Waals surface area (Å²) in [6.45, 7) is 1.41. The molecule has 3 rings (SSSR count). The van der Waals surface area contributed by atoms with Gasteiger partial charge in [-0.25, -0.2) is 0 Å². The van der Waals surface area contributed by atoms with Crippen LogP contribution in [0.4, 0.5) is 0 Å². The smallest absolute Gasteiger partial charge is 0.129 e. The van der Waals surface area contributed by atoms with Gasteiger partial charge in [0.2, 0.25) is 0 Å². The average molecular weight is 213 g/mol. The molecule has 0 amide bonds. The maximum atomic E-state index is 8.06. The fourth-order valence-electron chi connectivity index (χ4n) is 1.99. The fourth-order valence-corrected chi connectivity index (χ4v) is 1.99. The first-order valence-electron chi connectivity index (χ1n) is 5.15. The summed E-state index contributed by atoms with van der Waals surface area (Å²) in [5, 5.41) is 11.9. The molecular weight excluding hydrogens is 202 g/mol. The molecule has 0 unspecified atom stereocenters. The van der Waals surface area contributed by atoms with Crippen LogP contribution in [0.1, 0.15) is 16.8 Å². The summed E-state index contributed by atoms with van der Waals surface area (Å²) in [5.74, 6) is 0.568. The highest BCUT2D eigenvalue weighted by Crippen LogP contribution is 2.23. The van der Waals surface area contributed by atoms with Gasteiger partial charge in [-0.15, -0.1) is 0 Å². The minimum Gasteiger partial charge on any atom is -0.364 e. The van der Waals surface area contributed by atoms with Crippen molar-refractivity contribution in [1.82, 2.24) is 10.1 Å². The molecule has 0 radical (unpaired) electrons. The van der Waals surface area contributed by atoms with E-state index in [9.17, 15) is 0 Å². The molecule has 4 heteroatoms. The number of aromatic nitrogens is 1. The van der Waals surface area contributed by atoms with E-state index >= 15 is 0 Å². The van der Waals surface area contributed by atoms with Gasteiger partial charge in [0.1, 0.15) is 17.8 Å². The summed E-state index contributed by atoms with van der Waals surface area (Å²) in [6, 6.07) is 9.85. The Morgan fingerprint density at radius 3 is 2.94 bits per heavy atom. The molecule has 1 aliphatic heterocycles. The third-order valence-electron chi connectivity index (χ3n) is 2.79. The van der Waals surface area contributed by atoms with Crippen LogP contribution in [-0.2, 0) is 13.1 Å². The number of benzene rings is 1. The molecule has 0 aliphatic carbocycles. The Kier molecular flexibility index (Phi) is 1.99. The number of hydrogen-bond donors (Lipinski definition) is 1. The predicted octanol–water partition coefficient (Wildman–Crippen LogP) is 2.02. The molecule has 0 atom stereocenters. The van der Waals surface area contributed by atoms with Gasteiger partial charge in [0, 0.05) is 18.2 Å². The van der Waals surface area contributed by atoms with Crippen LogP contribution in [0.3, 0.4) is 0 Å². The first-order chi connectivity index (χ1) is 7.84. The molecule has 1 aromatic carbocycles. The van der Waals surface area contributed by atoms with Crippen molar-refractivity contribution in [3.05, 3.63) is 53.4 Å².